The number of allylic oxidation sites excluding steroid dienone is 4. The van der Waals surface area contributed by atoms with Crippen LogP contribution in [0.25, 0.3) is 5.57 Å². The number of rotatable bonds is 2. The van der Waals surface area contributed by atoms with Gasteiger partial charge in [0.1, 0.15) is 5.82 Å². The molecule has 2 aliphatic rings. The Hall–Kier alpha value is -2.89. The van der Waals surface area contributed by atoms with E-state index in [0.29, 0.717) is 11.5 Å². The van der Waals surface area contributed by atoms with Crippen LogP contribution in [0.2, 0.25) is 0 Å². The predicted octanol–water partition coefficient (Wildman–Crippen LogP) is 3.68. The van der Waals surface area contributed by atoms with Gasteiger partial charge in [0.25, 0.3) is 0 Å². The third-order valence-corrected chi connectivity index (χ3v) is 5.20. The van der Waals surface area contributed by atoms with E-state index >= 15 is 0 Å². The number of pyridine rings is 1. The van der Waals surface area contributed by atoms with Crippen LogP contribution in [0.4, 0.5) is 10.1 Å². The van der Waals surface area contributed by atoms with Gasteiger partial charge in [-0.05, 0) is 31.1 Å². The lowest BCUT2D eigenvalue weighted by atomic mass is 9.75. The van der Waals surface area contributed by atoms with Gasteiger partial charge in [-0.15, -0.1) is 0 Å². The maximum Gasteiger partial charge on any atom is 0.237 e. The van der Waals surface area contributed by atoms with Crippen molar-refractivity contribution in [3.05, 3.63) is 65.9 Å². The number of aromatic nitrogens is 3. The zero-order valence-corrected chi connectivity index (χ0v) is 14.9. The number of hydrogen-bond acceptors (Lipinski definition) is 4. The molecule has 6 heteroatoms. The molecule has 1 atom stereocenters. The smallest absolute Gasteiger partial charge is 0.237 e. The quantitative estimate of drug-likeness (QED) is 0.775. The molecule has 0 radical (unpaired) electrons. The Morgan fingerprint density at radius 3 is 2.65 bits per heavy atom. The van der Waals surface area contributed by atoms with E-state index in [4.69, 9.17) is 0 Å². The summed E-state index contributed by atoms with van der Waals surface area (Å²) in [6.07, 6.45) is 9.79. The summed E-state index contributed by atoms with van der Waals surface area (Å²) in [6.45, 7) is 5.73. The monoisotopic (exact) mass is 350 g/mol. The van der Waals surface area contributed by atoms with Gasteiger partial charge in [0.2, 0.25) is 11.9 Å². The highest BCUT2D eigenvalue weighted by Gasteiger charge is 2.51. The fraction of sp³-hybridized carbons (Fsp3) is 0.300. The Morgan fingerprint density at radius 1 is 1.23 bits per heavy atom. The van der Waals surface area contributed by atoms with Crippen molar-refractivity contribution in [2.75, 3.05) is 4.90 Å². The van der Waals surface area contributed by atoms with Crippen LogP contribution in [0.5, 0.6) is 0 Å². The average Bonchev–Trinajstić information content (AvgIpc) is 2.81. The van der Waals surface area contributed by atoms with Crippen LogP contribution in [0.1, 0.15) is 31.7 Å². The molecule has 2 aromatic heterocycles. The first-order chi connectivity index (χ1) is 12.4. The molecule has 0 spiro atoms. The summed E-state index contributed by atoms with van der Waals surface area (Å²) in [5.74, 6) is 0.118. The van der Waals surface area contributed by atoms with Crippen molar-refractivity contribution in [1.29, 1.82) is 0 Å². The van der Waals surface area contributed by atoms with Crippen molar-refractivity contribution in [2.24, 2.45) is 11.3 Å². The maximum absolute atomic E-state index is 13.6. The molecule has 5 nitrogen and oxygen atoms in total. The summed E-state index contributed by atoms with van der Waals surface area (Å²) >= 11 is 0. The first-order valence-corrected chi connectivity index (χ1v) is 8.55. The zero-order valence-electron chi connectivity index (χ0n) is 14.9. The zero-order chi connectivity index (χ0) is 18.5. The number of fused-ring (bicyclic) bond motifs is 1. The van der Waals surface area contributed by atoms with E-state index in [1.165, 1.54) is 12.3 Å². The van der Waals surface area contributed by atoms with Gasteiger partial charge in [-0.2, -0.15) is 4.39 Å². The second-order valence-corrected chi connectivity index (χ2v) is 7.23. The van der Waals surface area contributed by atoms with Gasteiger partial charge >= 0.3 is 0 Å². The molecule has 1 amide bonds. The minimum Gasteiger partial charge on any atom is -0.284 e. The number of carbonyl (C=O) groups excluding carboxylic acids is 1. The lowest BCUT2D eigenvalue weighted by molar-refractivity contribution is -0.125. The van der Waals surface area contributed by atoms with Crippen LogP contribution < -0.4 is 4.90 Å². The summed E-state index contributed by atoms with van der Waals surface area (Å²) < 4.78 is 13.6. The third-order valence-electron chi connectivity index (χ3n) is 5.20. The molecule has 1 saturated heterocycles. The number of anilines is 1. The number of aryl methyl sites for hydroxylation is 1. The Labute approximate surface area is 151 Å². The van der Waals surface area contributed by atoms with E-state index in [0.717, 1.165) is 23.3 Å². The largest absolute Gasteiger partial charge is 0.284 e. The summed E-state index contributed by atoms with van der Waals surface area (Å²) in [7, 11) is 0. The van der Waals surface area contributed by atoms with Crippen molar-refractivity contribution < 1.29 is 9.18 Å². The molecule has 0 bridgehead atoms. The summed E-state index contributed by atoms with van der Waals surface area (Å²) in [6, 6.07) is 2.96. The predicted molar refractivity (Wildman–Crippen MR) is 96.4 cm³/mol. The average molecular weight is 350 g/mol. The standard InChI is InChI=1S/C20H19FN4O/c1-12-23-10-14(11-24-12)13-4-5-16-17(8-13)25(19(26)20(16,2)3)15-6-7-22-18(21)9-15/h4,6-11,16H,5H2,1-3H3. The Morgan fingerprint density at radius 2 is 1.96 bits per heavy atom. The van der Waals surface area contributed by atoms with Crippen LogP contribution in [0.15, 0.2) is 48.6 Å². The van der Waals surface area contributed by atoms with Crippen molar-refractivity contribution in [3.8, 4) is 0 Å². The van der Waals surface area contributed by atoms with E-state index in [9.17, 15) is 9.18 Å². The molecule has 4 rings (SSSR count). The highest BCUT2D eigenvalue weighted by molar-refractivity contribution is 6.05. The van der Waals surface area contributed by atoms with Gasteiger partial charge in [0.05, 0.1) is 11.1 Å². The topological polar surface area (TPSA) is 59.0 Å². The fourth-order valence-corrected chi connectivity index (χ4v) is 3.66. The Balaban J connectivity index is 1.81. The van der Waals surface area contributed by atoms with Crippen molar-refractivity contribution in [1.82, 2.24) is 15.0 Å². The van der Waals surface area contributed by atoms with E-state index in [1.807, 2.05) is 26.8 Å². The maximum atomic E-state index is 13.6. The van der Waals surface area contributed by atoms with Gasteiger partial charge in [-0.3, -0.25) is 9.69 Å². The van der Waals surface area contributed by atoms with Gasteiger partial charge < -0.3 is 0 Å². The van der Waals surface area contributed by atoms with E-state index in [2.05, 4.69) is 21.0 Å². The highest BCUT2D eigenvalue weighted by atomic mass is 19.1. The number of carbonyl (C=O) groups is 1. The van der Waals surface area contributed by atoms with Crippen LogP contribution in [0.3, 0.4) is 0 Å². The first-order valence-electron chi connectivity index (χ1n) is 8.55. The van der Waals surface area contributed by atoms with Gasteiger partial charge in [0.15, 0.2) is 0 Å². The van der Waals surface area contributed by atoms with Crippen LogP contribution in [-0.4, -0.2) is 20.9 Å². The minimum absolute atomic E-state index is 0.0332. The molecule has 0 saturated carbocycles. The van der Waals surface area contributed by atoms with E-state index < -0.39 is 11.4 Å². The summed E-state index contributed by atoms with van der Waals surface area (Å²) in [5.41, 5.74) is 2.70. The molecule has 2 aromatic rings. The van der Waals surface area contributed by atoms with Gasteiger partial charge in [-0.1, -0.05) is 19.9 Å². The molecule has 132 valence electrons. The van der Waals surface area contributed by atoms with Crippen LogP contribution >= 0.6 is 0 Å². The molecule has 0 aromatic carbocycles. The molecule has 1 aliphatic carbocycles. The first kappa shape index (κ1) is 16.6. The number of amides is 1. The fourth-order valence-electron chi connectivity index (χ4n) is 3.66. The molecule has 1 unspecified atom stereocenters. The van der Waals surface area contributed by atoms with Crippen molar-refractivity contribution >= 4 is 17.2 Å². The highest BCUT2D eigenvalue weighted by Crippen LogP contribution is 2.50. The Kier molecular flexibility index (Phi) is 3.72. The lowest BCUT2D eigenvalue weighted by Crippen LogP contribution is -2.31. The van der Waals surface area contributed by atoms with E-state index in [-0.39, 0.29) is 11.8 Å². The number of nitrogens with zero attached hydrogens (tertiary/aromatic N) is 4. The molecule has 0 N–H and O–H groups in total. The molecular formula is C20H19FN4O. The minimum atomic E-state index is -0.601. The number of halogens is 1. The lowest BCUT2D eigenvalue weighted by Gasteiger charge is -2.26. The van der Waals surface area contributed by atoms with Gasteiger partial charge in [-0.25, -0.2) is 15.0 Å². The summed E-state index contributed by atoms with van der Waals surface area (Å²) in [4.78, 5) is 26.8. The van der Waals surface area contributed by atoms with Gasteiger partial charge in [0, 0.05) is 41.8 Å². The molecular weight excluding hydrogens is 331 g/mol. The summed E-state index contributed by atoms with van der Waals surface area (Å²) in [5, 5.41) is 0. The van der Waals surface area contributed by atoms with Crippen LogP contribution in [0, 0.1) is 24.2 Å². The van der Waals surface area contributed by atoms with Crippen LogP contribution in [-0.2, 0) is 4.79 Å². The number of hydrogen-bond donors (Lipinski definition) is 0. The second-order valence-electron chi connectivity index (χ2n) is 7.23. The SMILES string of the molecule is Cc1ncc(C2=CCC3C(=C2)N(c2ccnc(F)c2)C(=O)C3(C)C)cn1. The third kappa shape index (κ3) is 2.53. The molecule has 3 heterocycles. The normalized spacial score (nSPS) is 21.3. The van der Waals surface area contributed by atoms with E-state index in [1.54, 1.807) is 23.4 Å². The molecule has 1 aliphatic heterocycles. The molecule has 1 fully saturated rings. The van der Waals surface area contributed by atoms with Crippen molar-refractivity contribution in [2.45, 2.75) is 27.2 Å². The molecule has 26 heavy (non-hydrogen) atoms. The Bertz CT molecular complexity index is 947. The van der Waals surface area contributed by atoms with Crippen molar-refractivity contribution in [3.63, 3.8) is 0 Å². The second kappa shape index (κ2) is 5.83.